The summed E-state index contributed by atoms with van der Waals surface area (Å²) in [5, 5.41) is 1.47. The molecule has 0 aliphatic heterocycles. The second-order valence-electron chi connectivity index (χ2n) is 4.46. The van der Waals surface area contributed by atoms with E-state index < -0.39 is 0 Å². The Hall–Kier alpha value is -2.60. The number of rotatable bonds is 3. The first kappa shape index (κ1) is 13.4. The maximum absolute atomic E-state index is 11.0. The van der Waals surface area contributed by atoms with Gasteiger partial charge in [0.2, 0.25) is 0 Å². The van der Waals surface area contributed by atoms with Gasteiger partial charge in [-0.25, -0.2) is 9.19 Å². The van der Waals surface area contributed by atoms with Gasteiger partial charge in [0.1, 0.15) is 11.6 Å². The summed E-state index contributed by atoms with van der Waals surface area (Å²) in [4.78, 5) is 7.76. The molecule has 0 atom stereocenters. The van der Waals surface area contributed by atoms with Crippen LogP contribution in [0.15, 0.2) is 36.4 Å². The minimum atomic E-state index is 0.356. The number of benzene rings is 2. The summed E-state index contributed by atoms with van der Waals surface area (Å²) >= 11 is 0.356. The molecule has 0 aliphatic carbocycles. The number of nitrogens with one attached hydrogen (secondary N) is 1. The number of fused-ring (bicyclic) bond motifs is 1. The van der Waals surface area contributed by atoms with Gasteiger partial charge in [-0.1, -0.05) is 12.1 Å². The summed E-state index contributed by atoms with van der Waals surface area (Å²) < 4.78 is 16.3. The fraction of sp³-hybridized carbons (Fsp3) is 0.0667. The predicted molar refractivity (Wildman–Crippen MR) is 85.8 cm³/mol. The molecule has 1 heterocycles. The SMILES string of the molecule is COc1ccc(N)c(-c2nc3ccccc3[nH]2)c1C=S=O. The molecule has 0 amide bonds. The first-order chi connectivity index (χ1) is 10.2. The summed E-state index contributed by atoms with van der Waals surface area (Å²) in [6, 6.07) is 11.2. The quantitative estimate of drug-likeness (QED) is 0.574. The summed E-state index contributed by atoms with van der Waals surface area (Å²) in [6.07, 6.45) is 0. The first-order valence-corrected chi connectivity index (χ1v) is 7.08. The molecule has 0 fully saturated rings. The van der Waals surface area contributed by atoms with E-state index in [1.54, 1.807) is 19.2 Å². The van der Waals surface area contributed by atoms with E-state index in [9.17, 15) is 4.21 Å². The Kier molecular flexibility index (Phi) is 3.45. The van der Waals surface area contributed by atoms with Crippen LogP contribution >= 0.6 is 0 Å². The van der Waals surface area contributed by atoms with Gasteiger partial charge in [-0.3, -0.25) is 0 Å². The van der Waals surface area contributed by atoms with E-state index in [0.29, 0.717) is 39.6 Å². The molecule has 3 N–H and O–H groups in total. The average Bonchev–Trinajstić information content (AvgIpc) is 2.91. The molecule has 3 aromatic rings. The van der Waals surface area contributed by atoms with Crippen molar-refractivity contribution in [2.45, 2.75) is 0 Å². The van der Waals surface area contributed by atoms with Gasteiger partial charge in [0.05, 0.1) is 35.0 Å². The molecule has 0 radical (unpaired) electrons. The first-order valence-electron chi connectivity index (χ1n) is 6.28. The highest BCUT2D eigenvalue weighted by molar-refractivity contribution is 7.65. The smallest absolute Gasteiger partial charge is 0.141 e. The van der Waals surface area contributed by atoms with Crippen molar-refractivity contribution >= 4 is 33.3 Å². The van der Waals surface area contributed by atoms with Crippen LogP contribution in [0.3, 0.4) is 0 Å². The third kappa shape index (κ3) is 2.30. The van der Waals surface area contributed by atoms with Gasteiger partial charge >= 0.3 is 0 Å². The molecular formula is C15H13N3O2S. The van der Waals surface area contributed by atoms with Crippen LogP contribution in [0.5, 0.6) is 5.75 Å². The minimum absolute atomic E-state index is 0.356. The van der Waals surface area contributed by atoms with E-state index in [-0.39, 0.29) is 0 Å². The lowest BCUT2D eigenvalue weighted by Crippen LogP contribution is -2.00. The summed E-state index contributed by atoms with van der Waals surface area (Å²) in [6.45, 7) is 0. The Labute approximate surface area is 124 Å². The lowest BCUT2D eigenvalue weighted by atomic mass is 10.0. The van der Waals surface area contributed by atoms with Crippen LogP contribution in [0.25, 0.3) is 22.4 Å². The molecule has 0 saturated carbocycles. The molecule has 0 saturated heterocycles. The second kappa shape index (κ2) is 5.41. The van der Waals surface area contributed by atoms with Crippen molar-refractivity contribution in [3.63, 3.8) is 0 Å². The zero-order valence-electron chi connectivity index (χ0n) is 11.3. The number of nitrogen functional groups attached to an aromatic ring is 1. The van der Waals surface area contributed by atoms with Crippen molar-refractivity contribution in [3.8, 4) is 17.1 Å². The molecule has 2 aromatic carbocycles. The normalized spacial score (nSPS) is 10.5. The van der Waals surface area contributed by atoms with E-state index in [1.165, 1.54) is 5.37 Å². The third-order valence-electron chi connectivity index (χ3n) is 3.25. The number of aromatic nitrogens is 2. The molecule has 0 aliphatic rings. The summed E-state index contributed by atoms with van der Waals surface area (Å²) in [5.74, 6) is 1.20. The van der Waals surface area contributed by atoms with Crippen LogP contribution in [0.1, 0.15) is 5.56 Å². The van der Waals surface area contributed by atoms with Gasteiger partial charge in [0.15, 0.2) is 0 Å². The third-order valence-corrected chi connectivity index (χ3v) is 3.58. The molecule has 0 unspecified atom stereocenters. The van der Waals surface area contributed by atoms with Gasteiger partial charge in [-0.2, -0.15) is 0 Å². The molecule has 0 spiro atoms. The van der Waals surface area contributed by atoms with Crippen molar-refractivity contribution in [2.24, 2.45) is 0 Å². The van der Waals surface area contributed by atoms with E-state index in [1.807, 2.05) is 24.3 Å². The highest BCUT2D eigenvalue weighted by Crippen LogP contribution is 2.33. The molecule has 1 aromatic heterocycles. The van der Waals surface area contributed by atoms with Crippen LogP contribution in [0, 0.1) is 0 Å². The highest BCUT2D eigenvalue weighted by Gasteiger charge is 2.16. The summed E-state index contributed by atoms with van der Waals surface area (Å²) in [7, 11) is 1.56. The van der Waals surface area contributed by atoms with Crippen LogP contribution in [0.4, 0.5) is 5.69 Å². The van der Waals surface area contributed by atoms with Crippen molar-refractivity contribution in [2.75, 3.05) is 12.8 Å². The lowest BCUT2D eigenvalue weighted by Gasteiger charge is -2.11. The number of hydrogen-bond donors (Lipinski definition) is 2. The molecule has 5 nitrogen and oxygen atoms in total. The largest absolute Gasteiger partial charge is 0.496 e. The van der Waals surface area contributed by atoms with Gasteiger partial charge in [-0.05, 0) is 24.3 Å². The van der Waals surface area contributed by atoms with Crippen LogP contribution in [-0.4, -0.2) is 26.7 Å². The van der Waals surface area contributed by atoms with Crippen molar-refractivity contribution in [1.29, 1.82) is 0 Å². The molecular weight excluding hydrogens is 286 g/mol. The highest BCUT2D eigenvalue weighted by atomic mass is 32.1. The zero-order chi connectivity index (χ0) is 14.8. The number of H-pyrrole nitrogens is 1. The van der Waals surface area contributed by atoms with Crippen LogP contribution in [-0.2, 0) is 11.3 Å². The fourth-order valence-electron chi connectivity index (χ4n) is 2.30. The van der Waals surface area contributed by atoms with Crippen molar-refractivity contribution in [3.05, 3.63) is 42.0 Å². The van der Waals surface area contributed by atoms with E-state index in [0.717, 1.165) is 11.0 Å². The van der Waals surface area contributed by atoms with E-state index in [4.69, 9.17) is 10.5 Å². The number of nitrogens with two attached hydrogens (primary N) is 1. The minimum Gasteiger partial charge on any atom is -0.496 e. The topological polar surface area (TPSA) is 81.0 Å². The van der Waals surface area contributed by atoms with Crippen molar-refractivity contribution < 1.29 is 8.95 Å². The number of anilines is 1. The average molecular weight is 299 g/mol. The Balaban J connectivity index is 2.32. The Bertz CT molecular complexity index is 833. The van der Waals surface area contributed by atoms with Gasteiger partial charge < -0.3 is 15.5 Å². The van der Waals surface area contributed by atoms with Gasteiger partial charge in [-0.15, -0.1) is 0 Å². The molecule has 6 heteroatoms. The predicted octanol–water partition coefficient (Wildman–Crippen LogP) is 2.18. The molecule has 21 heavy (non-hydrogen) atoms. The Morgan fingerprint density at radius 2 is 2.10 bits per heavy atom. The maximum Gasteiger partial charge on any atom is 0.141 e. The number of ether oxygens (including phenoxy) is 1. The lowest BCUT2D eigenvalue weighted by molar-refractivity contribution is 0.414. The number of aromatic amines is 1. The van der Waals surface area contributed by atoms with Crippen LogP contribution in [0.2, 0.25) is 0 Å². The number of hydrogen-bond acceptors (Lipinski definition) is 4. The fourth-order valence-corrected chi connectivity index (χ4v) is 2.63. The standard InChI is InChI=1S/C15H13N3O2S/c1-20-13-7-6-10(16)14(9(13)8-21-19)15-17-11-4-2-3-5-12(11)18-15/h2-8H,16H2,1H3,(H,17,18). The number of para-hydroxylation sites is 2. The Morgan fingerprint density at radius 3 is 2.81 bits per heavy atom. The molecule has 3 rings (SSSR count). The number of imidazole rings is 1. The number of methoxy groups -OCH3 is 1. The van der Waals surface area contributed by atoms with E-state index in [2.05, 4.69) is 9.97 Å². The maximum atomic E-state index is 11.0. The summed E-state index contributed by atoms with van der Waals surface area (Å²) in [5.41, 5.74) is 9.69. The monoisotopic (exact) mass is 299 g/mol. The van der Waals surface area contributed by atoms with Gasteiger partial charge in [0, 0.05) is 16.6 Å². The van der Waals surface area contributed by atoms with Crippen LogP contribution < -0.4 is 10.5 Å². The van der Waals surface area contributed by atoms with E-state index >= 15 is 0 Å². The number of nitrogens with zero attached hydrogens (tertiary/aromatic N) is 1. The zero-order valence-corrected chi connectivity index (χ0v) is 12.1. The van der Waals surface area contributed by atoms with Crippen molar-refractivity contribution in [1.82, 2.24) is 9.97 Å². The molecule has 0 bridgehead atoms. The second-order valence-corrected chi connectivity index (χ2v) is 4.89. The molecule has 106 valence electrons. The van der Waals surface area contributed by atoms with Gasteiger partial charge in [0.25, 0.3) is 0 Å². The Morgan fingerprint density at radius 1 is 1.29 bits per heavy atom.